The molecule has 1 aromatic rings. The maximum absolute atomic E-state index is 12.4. The summed E-state index contributed by atoms with van der Waals surface area (Å²) in [6, 6.07) is 5.09. The zero-order chi connectivity index (χ0) is 15.1. The Morgan fingerprint density at radius 2 is 2.05 bits per heavy atom. The molecule has 1 aromatic carbocycles. The van der Waals surface area contributed by atoms with Crippen LogP contribution < -0.4 is 0 Å². The smallest absolute Gasteiger partial charge is 0.235 e. The van der Waals surface area contributed by atoms with Crippen molar-refractivity contribution in [3.05, 3.63) is 28.2 Å². The molecule has 0 N–H and O–H groups in total. The molecule has 0 bridgehead atoms. The van der Waals surface area contributed by atoms with Crippen molar-refractivity contribution in [2.24, 2.45) is 4.99 Å². The Balaban J connectivity index is 1.99. The Bertz CT molecular complexity index is 716. The summed E-state index contributed by atoms with van der Waals surface area (Å²) in [5.74, 6) is 0. The third kappa shape index (κ3) is 2.38. The third-order valence-electron chi connectivity index (χ3n) is 4.26. The van der Waals surface area contributed by atoms with Gasteiger partial charge in [-0.3, -0.25) is 0 Å². The van der Waals surface area contributed by atoms with Crippen LogP contribution in [0.25, 0.3) is 0 Å². The summed E-state index contributed by atoms with van der Waals surface area (Å²) in [4.78, 5) is 14.8. The molecule has 0 amide bonds. The highest BCUT2D eigenvalue weighted by Gasteiger charge is 2.40. The minimum absolute atomic E-state index is 0.246. The topological polar surface area (TPSA) is 72.8 Å². The van der Waals surface area contributed by atoms with Gasteiger partial charge in [0.1, 0.15) is 5.25 Å². The quantitative estimate of drug-likeness (QED) is 0.601. The second kappa shape index (κ2) is 5.32. The van der Waals surface area contributed by atoms with Crippen LogP contribution in [0.3, 0.4) is 0 Å². The van der Waals surface area contributed by atoms with Gasteiger partial charge in [0, 0.05) is 4.47 Å². The Morgan fingerprint density at radius 3 is 2.48 bits per heavy atom. The fourth-order valence-corrected chi connectivity index (χ4v) is 5.21. The molecule has 2 fully saturated rings. The first kappa shape index (κ1) is 14.9. The SMILES string of the molecule is O=C=NC1(c2ccc(S(=O)(=O)C3COC3)c(Br)c2)CCC1. The van der Waals surface area contributed by atoms with Crippen molar-refractivity contribution in [2.45, 2.75) is 34.9 Å². The number of halogens is 1. The van der Waals surface area contributed by atoms with Crippen LogP contribution in [0, 0.1) is 0 Å². The molecular weight excluding hydrogens is 358 g/mol. The molecule has 1 saturated carbocycles. The number of isocyanates is 1. The van der Waals surface area contributed by atoms with E-state index in [9.17, 15) is 13.2 Å². The van der Waals surface area contributed by atoms with E-state index < -0.39 is 20.6 Å². The van der Waals surface area contributed by atoms with Gasteiger partial charge in [0.05, 0.1) is 23.6 Å². The first-order valence-corrected chi connectivity index (χ1v) is 9.04. The Morgan fingerprint density at radius 1 is 1.33 bits per heavy atom. The van der Waals surface area contributed by atoms with Gasteiger partial charge in [-0.25, -0.2) is 13.2 Å². The predicted octanol–water partition coefficient (Wildman–Crippen LogP) is 2.34. The lowest BCUT2D eigenvalue weighted by Gasteiger charge is -2.37. The highest BCUT2D eigenvalue weighted by atomic mass is 79.9. The largest absolute Gasteiger partial charge is 0.379 e. The summed E-state index contributed by atoms with van der Waals surface area (Å²) in [6.45, 7) is 0.492. The lowest BCUT2D eigenvalue weighted by Crippen LogP contribution is -2.40. The van der Waals surface area contributed by atoms with Crippen LogP contribution in [0.4, 0.5) is 0 Å². The molecule has 112 valence electrons. The summed E-state index contributed by atoms with van der Waals surface area (Å²) in [7, 11) is -3.38. The van der Waals surface area contributed by atoms with E-state index in [1.807, 2.05) is 0 Å². The second-order valence-corrected chi connectivity index (χ2v) is 8.49. The standard InChI is InChI=1S/C14H14BrNO4S/c15-12-6-10(14(16-9-17)4-1-5-14)2-3-13(12)21(18,19)11-7-20-8-11/h2-3,6,11H,1,4-5,7-8H2. The number of benzene rings is 1. The van der Waals surface area contributed by atoms with Crippen molar-refractivity contribution in [1.82, 2.24) is 0 Å². The monoisotopic (exact) mass is 371 g/mol. The van der Waals surface area contributed by atoms with Gasteiger partial charge in [-0.05, 0) is 52.9 Å². The molecule has 1 aliphatic heterocycles. The predicted molar refractivity (Wildman–Crippen MR) is 79.6 cm³/mol. The Labute approximate surface area is 131 Å². The van der Waals surface area contributed by atoms with E-state index in [1.54, 1.807) is 24.3 Å². The van der Waals surface area contributed by atoms with E-state index in [-0.39, 0.29) is 18.1 Å². The summed E-state index contributed by atoms with van der Waals surface area (Å²) in [5.41, 5.74) is 0.333. The molecule has 1 heterocycles. The van der Waals surface area contributed by atoms with Gasteiger partial charge in [-0.1, -0.05) is 6.07 Å². The molecule has 1 saturated heterocycles. The number of ether oxygens (including phenoxy) is 1. The normalized spacial score (nSPS) is 21.0. The molecule has 21 heavy (non-hydrogen) atoms. The average molecular weight is 372 g/mol. The molecule has 0 spiro atoms. The number of hydrogen-bond acceptors (Lipinski definition) is 5. The van der Waals surface area contributed by atoms with E-state index in [2.05, 4.69) is 20.9 Å². The van der Waals surface area contributed by atoms with Crippen LogP contribution in [0.5, 0.6) is 0 Å². The zero-order valence-corrected chi connectivity index (χ0v) is 13.6. The maximum Gasteiger partial charge on any atom is 0.235 e. The van der Waals surface area contributed by atoms with Crippen molar-refractivity contribution < 1.29 is 17.9 Å². The van der Waals surface area contributed by atoms with E-state index in [4.69, 9.17) is 4.74 Å². The number of hydrogen-bond donors (Lipinski definition) is 0. The molecule has 0 unspecified atom stereocenters. The molecule has 3 rings (SSSR count). The molecule has 5 nitrogen and oxygen atoms in total. The summed E-state index contributed by atoms with van der Waals surface area (Å²) in [5, 5.41) is -0.467. The Kier molecular flexibility index (Phi) is 3.78. The van der Waals surface area contributed by atoms with Gasteiger partial charge in [0.15, 0.2) is 9.84 Å². The number of nitrogens with zero attached hydrogens (tertiary/aromatic N) is 1. The first-order chi connectivity index (χ1) is 9.99. The van der Waals surface area contributed by atoms with Crippen LogP contribution in [-0.4, -0.2) is 33.0 Å². The van der Waals surface area contributed by atoms with Crippen LogP contribution in [-0.2, 0) is 24.9 Å². The molecule has 0 atom stereocenters. The molecule has 2 aliphatic rings. The van der Waals surface area contributed by atoms with Crippen LogP contribution >= 0.6 is 15.9 Å². The number of sulfone groups is 1. The average Bonchev–Trinajstić information content (AvgIpc) is 2.30. The molecular formula is C14H14BrNO4S. The van der Waals surface area contributed by atoms with E-state index in [0.29, 0.717) is 4.47 Å². The van der Waals surface area contributed by atoms with Gasteiger partial charge in [0.2, 0.25) is 6.08 Å². The van der Waals surface area contributed by atoms with Crippen LogP contribution in [0.2, 0.25) is 0 Å². The van der Waals surface area contributed by atoms with E-state index >= 15 is 0 Å². The maximum atomic E-state index is 12.4. The zero-order valence-electron chi connectivity index (χ0n) is 11.2. The number of carbonyl (C=O) groups excluding carboxylic acids is 1. The summed E-state index contributed by atoms with van der Waals surface area (Å²) < 4.78 is 30.3. The Hall–Kier alpha value is -1.01. The van der Waals surface area contributed by atoms with Crippen molar-refractivity contribution >= 4 is 31.8 Å². The highest BCUT2D eigenvalue weighted by Crippen LogP contribution is 2.46. The summed E-state index contributed by atoms with van der Waals surface area (Å²) >= 11 is 3.34. The van der Waals surface area contributed by atoms with Crippen LogP contribution in [0.15, 0.2) is 32.6 Å². The van der Waals surface area contributed by atoms with Gasteiger partial charge in [0.25, 0.3) is 0 Å². The summed E-state index contributed by atoms with van der Waals surface area (Å²) in [6.07, 6.45) is 4.21. The van der Waals surface area contributed by atoms with Crippen molar-refractivity contribution in [2.75, 3.05) is 13.2 Å². The molecule has 7 heteroatoms. The van der Waals surface area contributed by atoms with Gasteiger partial charge in [-0.2, -0.15) is 4.99 Å². The minimum Gasteiger partial charge on any atom is -0.379 e. The highest BCUT2D eigenvalue weighted by molar-refractivity contribution is 9.10. The second-order valence-electron chi connectivity index (χ2n) is 5.44. The van der Waals surface area contributed by atoms with Crippen molar-refractivity contribution in [1.29, 1.82) is 0 Å². The van der Waals surface area contributed by atoms with Gasteiger partial charge < -0.3 is 4.74 Å². The fourth-order valence-electron chi connectivity index (χ4n) is 2.66. The van der Waals surface area contributed by atoms with E-state index in [0.717, 1.165) is 24.8 Å². The number of rotatable bonds is 4. The van der Waals surface area contributed by atoms with Crippen molar-refractivity contribution in [3.8, 4) is 0 Å². The van der Waals surface area contributed by atoms with Gasteiger partial charge >= 0.3 is 0 Å². The molecule has 0 aromatic heterocycles. The number of aliphatic imine (C=N–C) groups is 1. The van der Waals surface area contributed by atoms with Crippen molar-refractivity contribution in [3.63, 3.8) is 0 Å². The molecule has 1 aliphatic carbocycles. The third-order valence-corrected chi connectivity index (χ3v) is 7.30. The molecule has 0 radical (unpaired) electrons. The minimum atomic E-state index is -3.38. The first-order valence-electron chi connectivity index (χ1n) is 6.70. The van der Waals surface area contributed by atoms with Crippen LogP contribution in [0.1, 0.15) is 24.8 Å². The fraction of sp³-hybridized carbons (Fsp3) is 0.500. The van der Waals surface area contributed by atoms with Gasteiger partial charge in [-0.15, -0.1) is 0 Å². The lowest BCUT2D eigenvalue weighted by atomic mass is 9.72. The lowest BCUT2D eigenvalue weighted by molar-refractivity contribution is 0.0416. The van der Waals surface area contributed by atoms with E-state index in [1.165, 1.54) is 0 Å².